The highest BCUT2D eigenvalue weighted by atomic mass is 79.9. The van der Waals surface area contributed by atoms with Crippen LogP contribution in [0.15, 0.2) is 53.0 Å². The topological polar surface area (TPSA) is 40.7 Å². The number of rotatable bonds is 2. The molecule has 0 bridgehead atoms. The minimum atomic E-state index is 0.754. The van der Waals surface area contributed by atoms with Gasteiger partial charge in [0.15, 0.2) is 0 Å². The Balaban J connectivity index is 1.94. The van der Waals surface area contributed by atoms with E-state index in [1.165, 1.54) is 0 Å². The molecule has 1 aromatic heterocycles. The highest BCUT2D eigenvalue weighted by molar-refractivity contribution is 9.10. The molecule has 0 spiro atoms. The van der Waals surface area contributed by atoms with Crippen LogP contribution in [0.2, 0.25) is 0 Å². The molecule has 2 aromatic carbocycles. The van der Waals surface area contributed by atoms with Gasteiger partial charge < -0.3 is 10.3 Å². The summed E-state index contributed by atoms with van der Waals surface area (Å²) in [5.41, 5.74) is 2.99. The summed E-state index contributed by atoms with van der Waals surface area (Å²) in [7, 11) is 0. The minimum absolute atomic E-state index is 0.754. The molecular weight excluding hydrogens is 278 g/mol. The normalized spacial score (nSPS) is 10.6. The maximum absolute atomic E-state index is 4.46. The second kappa shape index (κ2) is 4.22. The average molecular weight is 288 g/mol. The maximum atomic E-state index is 4.46. The number of imidazole rings is 1. The predicted octanol–water partition coefficient (Wildman–Crippen LogP) is 4.07. The Bertz CT molecular complexity index is 627. The average Bonchev–Trinajstić information content (AvgIpc) is 2.71. The van der Waals surface area contributed by atoms with Crippen LogP contribution in [0.25, 0.3) is 11.0 Å². The number of hydrogen-bond donors (Lipinski definition) is 2. The third kappa shape index (κ3) is 2.17. The van der Waals surface area contributed by atoms with Gasteiger partial charge in [0, 0.05) is 10.2 Å². The Kier molecular flexibility index (Phi) is 2.57. The first-order valence-electron chi connectivity index (χ1n) is 5.28. The van der Waals surface area contributed by atoms with Crippen molar-refractivity contribution in [1.82, 2.24) is 9.97 Å². The van der Waals surface area contributed by atoms with Crippen molar-refractivity contribution in [2.75, 3.05) is 5.32 Å². The van der Waals surface area contributed by atoms with Crippen LogP contribution < -0.4 is 5.32 Å². The lowest BCUT2D eigenvalue weighted by Gasteiger charge is -2.02. The van der Waals surface area contributed by atoms with E-state index in [0.29, 0.717) is 0 Å². The molecule has 1 heterocycles. The highest BCUT2D eigenvalue weighted by Gasteiger charge is 2.01. The first kappa shape index (κ1) is 10.4. The quantitative estimate of drug-likeness (QED) is 0.746. The Morgan fingerprint density at radius 3 is 2.76 bits per heavy atom. The number of nitrogens with one attached hydrogen (secondary N) is 2. The number of fused-ring (bicyclic) bond motifs is 1. The number of halogens is 1. The van der Waals surface area contributed by atoms with E-state index < -0.39 is 0 Å². The summed E-state index contributed by atoms with van der Waals surface area (Å²) < 4.78 is 1.04. The van der Waals surface area contributed by atoms with E-state index in [1.807, 2.05) is 48.5 Å². The van der Waals surface area contributed by atoms with E-state index in [1.54, 1.807) is 0 Å². The lowest BCUT2D eigenvalue weighted by Crippen LogP contribution is -1.91. The zero-order chi connectivity index (χ0) is 11.7. The van der Waals surface area contributed by atoms with E-state index >= 15 is 0 Å². The van der Waals surface area contributed by atoms with E-state index in [2.05, 4.69) is 31.2 Å². The van der Waals surface area contributed by atoms with E-state index in [9.17, 15) is 0 Å². The van der Waals surface area contributed by atoms with Crippen molar-refractivity contribution < 1.29 is 0 Å². The fraction of sp³-hybridized carbons (Fsp3) is 0. The Morgan fingerprint density at radius 2 is 1.94 bits per heavy atom. The number of anilines is 2. The van der Waals surface area contributed by atoms with Crippen LogP contribution in [0.5, 0.6) is 0 Å². The molecule has 3 aromatic rings. The number of benzene rings is 2. The van der Waals surface area contributed by atoms with Gasteiger partial charge in [-0.2, -0.15) is 0 Å². The van der Waals surface area contributed by atoms with E-state index in [0.717, 1.165) is 27.1 Å². The summed E-state index contributed by atoms with van der Waals surface area (Å²) in [4.78, 5) is 7.68. The summed E-state index contributed by atoms with van der Waals surface area (Å²) >= 11 is 3.44. The smallest absolute Gasteiger partial charge is 0.205 e. The van der Waals surface area contributed by atoms with Crippen LogP contribution in [0.3, 0.4) is 0 Å². The van der Waals surface area contributed by atoms with Crippen molar-refractivity contribution in [1.29, 1.82) is 0 Å². The number of hydrogen-bond acceptors (Lipinski definition) is 2. The molecule has 84 valence electrons. The number of aromatic nitrogens is 2. The third-order valence-corrected chi connectivity index (χ3v) is 2.97. The summed E-state index contributed by atoms with van der Waals surface area (Å²) in [6.07, 6.45) is 0. The number of para-hydroxylation sites is 2. The lowest BCUT2D eigenvalue weighted by atomic mass is 10.3. The first-order valence-corrected chi connectivity index (χ1v) is 6.08. The zero-order valence-corrected chi connectivity index (χ0v) is 10.5. The molecule has 4 heteroatoms. The second-order valence-electron chi connectivity index (χ2n) is 3.74. The molecule has 0 aliphatic rings. The standard InChI is InChI=1S/C13H10BrN3/c14-9-4-3-5-10(8-9)15-13-16-11-6-1-2-7-12(11)17-13/h1-8H,(H2,15,16,17). The third-order valence-electron chi connectivity index (χ3n) is 2.48. The summed E-state index contributed by atoms with van der Waals surface area (Å²) in [6, 6.07) is 15.9. The van der Waals surface area contributed by atoms with Crippen molar-refractivity contribution in [3.8, 4) is 0 Å². The van der Waals surface area contributed by atoms with Gasteiger partial charge in [-0.15, -0.1) is 0 Å². The van der Waals surface area contributed by atoms with Gasteiger partial charge >= 0.3 is 0 Å². The maximum Gasteiger partial charge on any atom is 0.205 e. The number of nitrogens with zero attached hydrogens (tertiary/aromatic N) is 1. The van der Waals surface area contributed by atoms with Crippen LogP contribution in [0, 0.1) is 0 Å². The minimum Gasteiger partial charge on any atom is -0.326 e. The molecule has 0 radical (unpaired) electrons. The molecule has 0 saturated carbocycles. The SMILES string of the molecule is Brc1cccc(Nc2nc3ccccc3[nH]2)c1. The molecule has 3 nitrogen and oxygen atoms in total. The largest absolute Gasteiger partial charge is 0.326 e. The molecule has 0 aliphatic carbocycles. The Hall–Kier alpha value is -1.81. The predicted molar refractivity (Wildman–Crippen MR) is 73.5 cm³/mol. The molecule has 0 amide bonds. The van der Waals surface area contributed by atoms with Gasteiger partial charge in [-0.1, -0.05) is 34.1 Å². The fourth-order valence-electron chi connectivity index (χ4n) is 1.71. The summed E-state index contributed by atoms with van der Waals surface area (Å²) in [5.74, 6) is 0.754. The Labute approximate surface area is 107 Å². The van der Waals surface area contributed by atoms with Crippen molar-refractivity contribution in [2.45, 2.75) is 0 Å². The van der Waals surface area contributed by atoms with Crippen molar-refractivity contribution in [3.05, 3.63) is 53.0 Å². The van der Waals surface area contributed by atoms with E-state index in [4.69, 9.17) is 0 Å². The lowest BCUT2D eigenvalue weighted by molar-refractivity contribution is 1.31. The molecule has 2 N–H and O–H groups in total. The monoisotopic (exact) mass is 287 g/mol. The van der Waals surface area contributed by atoms with Gasteiger partial charge in [0.2, 0.25) is 5.95 Å². The van der Waals surface area contributed by atoms with Gasteiger partial charge in [0.05, 0.1) is 11.0 Å². The molecule has 17 heavy (non-hydrogen) atoms. The summed E-state index contributed by atoms with van der Waals surface area (Å²) in [6.45, 7) is 0. The van der Waals surface area contributed by atoms with Gasteiger partial charge in [-0.05, 0) is 30.3 Å². The van der Waals surface area contributed by atoms with Crippen LogP contribution >= 0.6 is 15.9 Å². The van der Waals surface area contributed by atoms with Gasteiger partial charge in [-0.25, -0.2) is 4.98 Å². The number of aromatic amines is 1. The molecule has 0 aliphatic heterocycles. The van der Waals surface area contributed by atoms with Crippen LogP contribution in [0.1, 0.15) is 0 Å². The van der Waals surface area contributed by atoms with Crippen molar-refractivity contribution in [3.63, 3.8) is 0 Å². The molecule has 3 rings (SSSR count). The van der Waals surface area contributed by atoms with Gasteiger partial charge in [0.1, 0.15) is 0 Å². The van der Waals surface area contributed by atoms with Crippen LogP contribution in [-0.2, 0) is 0 Å². The summed E-state index contributed by atoms with van der Waals surface area (Å²) in [5, 5.41) is 3.24. The zero-order valence-electron chi connectivity index (χ0n) is 8.94. The molecule has 0 unspecified atom stereocenters. The second-order valence-corrected chi connectivity index (χ2v) is 4.65. The van der Waals surface area contributed by atoms with Crippen molar-refractivity contribution in [2.24, 2.45) is 0 Å². The van der Waals surface area contributed by atoms with Crippen molar-refractivity contribution >= 4 is 38.6 Å². The molecule has 0 fully saturated rings. The van der Waals surface area contributed by atoms with Gasteiger partial charge in [-0.3, -0.25) is 0 Å². The molecular formula is C13H10BrN3. The number of H-pyrrole nitrogens is 1. The molecule has 0 saturated heterocycles. The first-order chi connectivity index (χ1) is 8.31. The molecule has 0 atom stereocenters. The Morgan fingerprint density at radius 1 is 1.06 bits per heavy atom. The van der Waals surface area contributed by atoms with Crippen LogP contribution in [-0.4, -0.2) is 9.97 Å². The fourth-order valence-corrected chi connectivity index (χ4v) is 2.11. The van der Waals surface area contributed by atoms with E-state index in [-0.39, 0.29) is 0 Å². The highest BCUT2D eigenvalue weighted by Crippen LogP contribution is 2.20. The van der Waals surface area contributed by atoms with Gasteiger partial charge in [0.25, 0.3) is 0 Å². The van der Waals surface area contributed by atoms with Crippen LogP contribution in [0.4, 0.5) is 11.6 Å².